The predicted octanol–water partition coefficient (Wildman–Crippen LogP) is 4.80. The molecule has 216 valence electrons. The number of nitrogens with zero attached hydrogens (tertiary/aromatic N) is 6. The summed E-state index contributed by atoms with van der Waals surface area (Å²) in [5, 5.41) is 3.57. The maximum Gasteiger partial charge on any atom is 0.272 e. The van der Waals surface area contributed by atoms with Crippen molar-refractivity contribution in [1.82, 2.24) is 19.8 Å². The second-order valence-corrected chi connectivity index (χ2v) is 11.3. The van der Waals surface area contributed by atoms with Crippen LogP contribution in [0, 0.1) is 5.41 Å². The first-order valence-electron chi connectivity index (χ1n) is 14.3. The van der Waals surface area contributed by atoms with Crippen LogP contribution in [0.5, 0.6) is 0 Å². The molecule has 1 spiro atoms. The van der Waals surface area contributed by atoms with Gasteiger partial charge in [-0.15, -0.1) is 0 Å². The summed E-state index contributed by atoms with van der Waals surface area (Å²) in [5.74, 6) is -0.389. The van der Waals surface area contributed by atoms with Gasteiger partial charge in [-0.1, -0.05) is 30.9 Å². The number of carbonyl (C=O) groups is 2. The Labute approximate surface area is 238 Å². The number of amides is 2. The van der Waals surface area contributed by atoms with Crippen molar-refractivity contribution in [3.63, 3.8) is 0 Å². The van der Waals surface area contributed by atoms with Gasteiger partial charge in [-0.2, -0.15) is 5.01 Å². The molecule has 2 heterocycles. The molecule has 0 aromatic rings. The SMILES string of the molecule is C=CN=C(/C=C\C)C(=O)N1CCC2(CC1)C1=C(C[C@H]2F)N(CC(=C)C)CN(N(C)C(N=C)C2=CCCCC2)C1=O. The summed E-state index contributed by atoms with van der Waals surface area (Å²) in [7, 11) is 1.87. The van der Waals surface area contributed by atoms with Crippen molar-refractivity contribution >= 4 is 24.2 Å². The lowest BCUT2D eigenvalue weighted by Gasteiger charge is -2.47. The van der Waals surface area contributed by atoms with E-state index in [0.29, 0.717) is 50.4 Å². The summed E-state index contributed by atoms with van der Waals surface area (Å²) in [6, 6.07) is 0. The van der Waals surface area contributed by atoms with E-state index in [1.54, 1.807) is 22.1 Å². The van der Waals surface area contributed by atoms with E-state index in [1.807, 2.05) is 25.9 Å². The molecule has 0 bridgehead atoms. The maximum absolute atomic E-state index is 16.2. The molecular formula is C31H43FN6O2. The van der Waals surface area contributed by atoms with Crippen molar-refractivity contribution in [1.29, 1.82) is 0 Å². The van der Waals surface area contributed by atoms with Gasteiger partial charge in [0.2, 0.25) is 0 Å². The summed E-state index contributed by atoms with van der Waals surface area (Å²) in [4.78, 5) is 39.8. The first-order chi connectivity index (χ1) is 19.2. The number of rotatable bonds is 9. The molecule has 0 aromatic heterocycles. The summed E-state index contributed by atoms with van der Waals surface area (Å²) in [5.41, 5.74) is 2.76. The van der Waals surface area contributed by atoms with Crippen LogP contribution in [0.4, 0.5) is 4.39 Å². The molecule has 1 saturated heterocycles. The van der Waals surface area contributed by atoms with E-state index in [-0.39, 0.29) is 24.4 Å². The van der Waals surface area contributed by atoms with Gasteiger partial charge < -0.3 is 9.80 Å². The molecule has 8 nitrogen and oxygen atoms in total. The zero-order valence-electron chi connectivity index (χ0n) is 24.2. The Balaban J connectivity index is 1.65. The number of fused-ring (bicyclic) bond motifs is 1. The molecule has 4 aliphatic rings. The first kappa shape index (κ1) is 29.6. The number of hydrogen-bond acceptors (Lipinski definition) is 6. The van der Waals surface area contributed by atoms with Crippen LogP contribution in [0.25, 0.3) is 0 Å². The molecule has 2 aliphatic carbocycles. The Morgan fingerprint density at radius 3 is 2.62 bits per heavy atom. The van der Waals surface area contributed by atoms with Gasteiger partial charge in [0.15, 0.2) is 0 Å². The normalized spacial score (nSPS) is 24.1. The molecule has 0 aromatic carbocycles. The lowest BCUT2D eigenvalue weighted by atomic mass is 9.71. The monoisotopic (exact) mass is 550 g/mol. The fourth-order valence-corrected chi connectivity index (χ4v) is 6.65. The van der Waals surface area contributed by atoms with E-state index in [4.69, 9.17) is 0 Å². The van der Waals surface area contributed by atoms with Crippen LogP contribution in [0.2, 0.25) is 0 Å². The second kappa shape index (κ2) is 12.5. The van der Waals surface area contributed by atoms with E-state index >= 15 is 4.39 Å². The van der Waals surface area contributed by atoms with Crippen LogP contribution in [-0.2, 0) is 9.59 Å². The Bertz CT molecular complexity index is 1180. The Morgan fingerprint density at radius 1 is 1.32 bits per heavy atom. The van der Waals surface area contributed by atoms with Gasteiger partial charge >= 0.3 is 0 Å². The summed E-state index contributed by atoms with van der Waals surface area (Å²) >= 11 is 0. The smallest absolute Gasteiger partial charge is 0.272 e. The van der Waals surface area contributed by atoms with Gasteiger partial charge in [0.1, 0.15) is 24.7 Å². The summed E-state index contributed by atoms with van der Waals surface area (Å²) in [6.45, 7) is 16.8. The molecule has 1 fully saturated rings. The van der Waals surface area contributed by atoms with Gasteiger partial charge in [-0.3, -0.25) is 19.6 Å². The minimum atomic E-state index is -1.21. The third kappa shape index (κ3) is 5.48. The Morgan fingerprint density at radius 2 is 2.05 bits per heavy atom. The van der Waals surface area contributed by atoms with Crippen molar-refractivity contribution < 1.29 is 14.0 Å². The number of piperidine rings is 1. The van der Waals surface area contributed by atoms with Crippen molar-refractivity contribution in [2.75, 3.05) is 33.4 Å². The van der Waals surface area contributed by atoms with Crippen LogP contribution in [0.1, 0.15) is 58.8 Å². The summed E-state index contributed by atoms with van der Waals surface area (Å²) in [6.07, 6.45) is 10.5. The topological polar surface area (TPSA) is 71.8 Å². The van der Waals surface area contributed by atoms with E-state index in [0.717, 1.165) is 42.5 Å². The van der Waals surface area contributed by atoms with E-state index < -0.39 is 11.6 Å². The molecule has 2 amide bonds. The minimum absolute atomic E-state index is 0.178. The van der Waals surface area contributed by atoms with Crippen LogP contribution in [-0.4, -0.2) is 89.7 Å². The molecule has 1 unspecified atom stereocenters. The number of allylic oxidation sites excluding steroid dienone is 3. The third-order valence-corrected chi connectivity index (χ3v) is 8.64. The molecule has 2 aliphatic heterocycles. The zero-order valence-corrected chi connectivity index (χ0v) is 24.2. The lowest BCUT2D eigenvalue weighted by molar-refractivity contribution is -0.154. The first-order valence-corrected chi connectivity index (χ1v) is 14.3. The molecule has 4 rings (SSSR count). The summed E-state index contributed by atoms with van der Waals surface area (Å²) < 4.78 is 16.2. The van der Waals surface area contributed by atoms with Crippen LogP contribution in [0.15, 0.2) is 70.0 Å². The van der Waals surface area contributed by atoms with Gasteiger partial charge in [0, 0.05) is 56.0 Å². The second-order valence-electron chi connectivity index (χ2n) is 11.3. The van der Waals surface area contributed by atoms with Crippen LogP contribution in [0.3, 0.4) is 0 Å². The molecule has 2 atom stereocenters. The quantitative estimate of drug-likeness (QED) is 0.305. The van der Waals surface area contributed by atoms with Crippen molar-refractivity contribution in [3.05, 3.63) is 60.0 Å². The Hall–Kier alpha value is -3.33. The number of hydrogen-bond donors (Lipinski definition) is 0. The number of likely N-dealkylation sites (tertiary alicyclic amines) is 1. The van der Waals surface area contributed by atoms with E-state index in [1.165, 1.54) is 6.20 Å². The highest BCUT2D eigenvalue weighted by molar-refractivity contribution is 6.43. The average molecular weight is 551 g/mol. The van der Waals surface area contributed by atoms with Crippen molar-refractivity contribution in [3.8, 4) is 0 Å². The van der Waals surface area contributed by atoms with Gasteiger partial charge in [0.05, 0.1) is 0 Å². The number of likely N-dealkylation sites (N-methyl/N-ethyl adjacent to an activating group) is 1. The largest absolute Gasteiger partial charge is 0.351 e. The van der Waals surface area contributed by atoms with Crippen molar-refractivity contribution in [2.45, 2.75) is 71.1 Å². The highest BCUT2D eigenvalue weighted by Gasteiger charge is 2.57. The third-order valence-electron chi connectivity index (χ3n) is 8.64. The molecule has 0 saturated carbocycles. The van der Waals surface area contributed by atoms with Gasteiger partial charge in [-0.05, 0) is 70.7 Å². The molecule has 0 radical (unpaired) electrons. The highest BCUT2D eigenvalue weighted by atomic mass is 19.1. The van der Waals surface area contributed by atoms with Crippen molar-refractivity contribution in [2.24, 2.45) is 15.4 Å². The minimum Gasteiger partial charge on any atom is -0.351 e. The molecule has 0 N–H and O–H groups in total. The number of carbonyl (C=O) groups excluding carboxylic acids is 2. The number of hydrazine groups is 1. The molecule has 40 heavy (non-hydrogen) atoms. The number of aliphatic imine (C=N–C) groups is 2. The Kier molecular flexibility index (Phi) is 9.23. The zero-order chi connectivity index (χ0) is 29.0. The predicted molar refractivity (Wildman–Crippen MR) is 158 cm³/mol. The molecule has 9 heteroatoms. The number of alkyl halides is 1. The fraction of sp³-hybridized carbons (Fsp3) is 0.548. The van der Waals surface area contributed by atoms with E-state index in [2.05, 4.69) is 40.8 Å². The average Bonchev–Trinajstić information content (AvgIpc) is 3.22. The lowest BCUT2D eigenvalue weighted by Crippen LogP contribution is -2.58. The fourth-order valence-electron chi connectivity index (χ4n) is 6.65. The van der Waals surface area contributed by atoms with Crippen LogP contribution >= 0.6 is 0 Å². The standard InChI is InChI=1S/C31H43FN6O2/c1-7-12-24(34-8-2)29(39)36-17-15-31(16-18-36)26(32)19-25-27(31)30(40)38(21-37(25)20-22(3)4)35(6)28(33-5)23-13-10-9-11-14-23/h7-8,12-13,26,28H,2-3,5,9-11,14-21H2,1,4,6H3/b12-7-,34-24?/t26-,28?/m1/s1. The number of halogens is 1. The maximum atomic E-state index is 16.2. The van der Waals surface area contributed by atoms with Gasteiger partial charge in [-0.25, -0.2) is 9.40 Å². The van der Waals surface area contributed by atoms with Crippen LogP contribution < -0.4 is 0 Å². The highest BCUT2D eigenvalue weighted by Crippen LogP contribution is 2.54. The molecular weight excluding hydrogens is 507 g/mol. The van der Waals surface area contributed by atoms with E-state index in [9.17, 15) is 9.59 Å². The van der Waals surface area contributed by atoms with Gasteiger partial charge in [0.25, 0.3) is 11.8 Å².